The molecule has 3 N–H and O–H groups in total. The zero-order valence-corrected chi connectivity index (χ0v) is 12.1. The standard InChI is InChI=1S/C16H18N2O3/c1-3-21-14-7-5-4-6-12(14)16(19)18-13-9-8-11(17)10-15(13)20-2/h4-10H,3,17H2,1-2H3,(H,18,19). The van der Waals surface area contributed by atoms with Gasteiger partial charge in [-0.2, -0.15) is 0 Å². The first-order valence-corrected chi connectivity index (χ1v) is 6.62. The van der Waals surface area contributed by atoms with E-state index in [1.807, 2.05) is 13.0 Å². The predicted molar refractivity (Wildman–Crippen MR) is 83.0 cm³/mol. The molecule has 0 heterocycles. The topological polar surface area (TPSA) is 73.6 Å². The number of nitrogens with two attached hydrogens (primary N) is 1. The Morgan fingerprint density at radius 2 is 1.95 bits per heavy atom. The normalized spacial score (nSPS) is 10.0. The first kappa shape index (κ1) is 14.7. The molecule has 5 heteroatoms. The second kappa shape index (κ2) is 6.65. The molecule has 2 rings (SSSR count). The average molecular weight is 286 g/mol. The van der Waals surface area contributed by atoms with Gasteiger partial charge in [0.05, 0.1) is 25.0 Å². The molecule has 0 bridgehead atoms. The van der Waals surface area contributed by atoms with E-state index in [0.717, 1.165) is 0 Å². The Morgan fingerprint density at radius 3 is 2.67 bits per heavy atom. The van der Waals surface area contributed by atoms with Crippen LogP contribution in [0.3, 0.4) is 0 Å². The number of hydrogen-bond acceptors (Lipinski definition) is 4. The Balaban J connectivity index is 2.26. The number of hydrogen-bond donors (Lipinski definition) is 2. The molecule has 0 unspecified atom stereocenters. The van der Waals surface area contributed by atoms with Gasteiger partial charge in [0.25, 0.3) is 5.91 Å². The molecule has 5 nitrogen and oxygen atoms in total. The van der Waals surface area contributed by atoms with E-state index in [9.17, 15) is 4.79 Å². The number of rotatable bonds is 5. The van der Waals surface area contributed by atoms with E-state index in [0.29, 0.717) is 35.0 Å². The molecule has 0 aromatic heterocycles. The van der Waals surface area contributed by atoms with Crippen LogP contribution in [0.1, 0.15) is 17.3 Å². The number of carbonyl (C=O) groups is 1. The maximum atomic E-state index is 12.4. The Hall–Kier alpha value is -2.69. The summed E-state index contributed by atoms with van der Waals surface area (Å²) in [7, 11) is 1.53. The highest BCUT2D eigenvalue weighted by Crippen LogP contribution is 2.28. The smallest absolute Gasteiger partial charge is 0.259 e. The Labute approximate surface area is 123 Å². The molecule has 1 amide bonds. The van der Waals surface area contributed by atoms with Crippen LogP contribution in [0.2, 0.25) is 0 Å². The van der Waals surface area contributed by atoms with Gasteiger partial charge in [0.2, 0.25) is 0 Å². The molecule has 110 valence electrons. The van der Waals surface area contributed by atoms with Crippen LogP contribution in [0, 0.1) is 0 Å². The lowest BCUT2D eigenvalue weighted by Crippen LogP contribution is -2.14. The van der Waals surface area contributed by atoms with Crippen LogP contribution in [0.25, 0.3) is 0 Å². The molecule has 2 aromatic carbocycles. The molecule has 0 atom stereocenters. The van der Waals surface area contributed by atoms with E-state index in [-0.39, 0.29) is 5.91 Å². The third-order valence-electron chi connectivity index (χ3n) is 2.91. The lowest BCUT2D eigenvalue weighted by Gasteiger charge is -2.13. The summed E-state index contributed by atoms with van der Waals surface area (Å²) in [6.45, 7) is 2.37. The quantitative estimate of drug-likeness (QED) is 0.829. The van der Waals surface area contributed by atoms with Crippen molar-refractivity contribution in [3.05, 3.63) is 48.0 Å². The van der Waals surface area contributed by atoms with Gasteiger partial charge >= 0.3 is 0 Å². The van der Waals surface area contributed by atoms with Gasteiger partial charge in [-0.3, -0.25) is 4.79 Å². The van der Waals surface area contributed by atoms with E-state index < -0.39 is 0 Å². The van der Waals surface area contributed by atoms with Gasteiger partial charge in [0.1, 0.15) is 11.5 Å². The van der Waals surface area contributed by atoms with Gasteiger partial charge in [0.15, 0.2) is 0 Å². The Morgan fingerprint density at radius 1 is 1.19 bits per heavy atom. The molecule has 0 fully saturated rings. The minimum atomic E-state index is -0.262. The van der Waals surface area contributed by atoms with Crippen molar-refractivity contribution < 1.29 is 14.3 Å². The summed E-state index contributed by atoms with van der Waals surface area (Å²) in [5, 5.41) is 2.80. The number of carbonyl (C=O) groups excluding carboxylic acids is 1. The summed E-state index contributed by atoms with van der Waals surface area (Å²) >= 11 is 0. The van der Waals surface area contributed by atoms with E-state index >= 15 is 0 Å². The van der Waals surface area contributed by atoms with Gasteiger partial charge in [-0.1, -0.05) is 12.1 Å². The SMILES string of the molecule is CCOc1ccccc1C(=O)Nc1ccc(N)cc1OC. The highest BCUT2D eigenvalue weighted by Gasteiger charge is 2.14. The van der Waals surface area contributed by atoms with Crippen molar-refractivity contribution in [1.29, 1.82) is 0 Å². The van der Waals surface area contributed by atoms with E-state index in [2.05, 4.69) is 5.32 Å². The third kappa shape index (κ3) is 3.45. The summed E-state index contributed by atoms with van der Waals surface area (Å²) in [6.07, 6.45) is 0. The number of amides is 1. The van der Waals surface area contributed by atoms with Crippen LogP contribution in [-0.4, -0.2) is 19.6 Å². The monoisotopic (exact) mass is 286 g/mol. The van der Waals surface area contributed by atoms with Crippen LogP contribution in [0.5, 0.6) is 11.5 Å². The van der Waals surface area contributed by atoms with Gasteiger partial charge in [-0.25, -0.2) is 0 Å². The maximum Gasteiger partial charge on any atom is 0.259 e. The number of nitrogens with one attached hydrogen (secondary N) is 1. The number of nitrogen functional groups attached to an aromatic ring is 1. The van der Waals surface area contributed by atoms with Crippen LogP contribution in [-0.2, 0) is 0 Å². The number of anilines is 2. The molecular formula is C16H18N2O3. The molecule has 2 aromatic rings. The maximum absolute atomic E-state index is 12.4. The van der Waals surface area contributed by atoms with Gasteiger partial charge < -0.3 is 20.5 Å². The van der Waals surface area contributed by atoms with Crippen molar-refractivity contribution >= 4 is 17.3 Å². The van der Waals surface area contributed by atoms with E-state index in [1.165, 1.54) is 7.11 Å². The fourth-order valence-electron chi connectivity index (χ4n) is 1.94. The molecule has 0 radical (unpaired) electrons. The van der Waals surface area contributed by atoms with Crippen molar-refractivity contribution in [3.63, 3.8) is 0 Å². The molecule has 0 aliphatic rings. The van der Waals surface area contributed by atoms with Crippen molar-refractivity contribution in [2.24, 2.45) is 0 Å². The lowest BCUT2D eigenvalue weighted by molar-refractivity contribution is 0.102. The van der Waals surface area contributed by atoms with Crippen molar-refractivity contribution in [2.75, 3.05) is 24.8 Å². The molecule has 21 heavy (non-hydrogen) atoms. The predicted octanol–water partition coefficient (Wildman–Crippen LogP) is 2.93. The van der Waals surface area contributed by atoms with Gasteiger partial charge in [0, 0.05) is 11.8 Å². The summed E-state index contributed by atoms with van der Waals surface area (Å²) < 4.78 is 10.7. The highest BCUT2D eigenvalue weighted by molar-refractivity contribution is 6.07. The third-order valence-corrected chi connectivity index (χ3v) is 2.91. The molecule has 0 spiro atoms. The Bertz CT molecular complexity index is 641. The molecule has 0 aliphatic heterocycles. The van der Waals surface area contributed by atoms with Crippen molar-refractivity contribution in [1.82, 2.24) is 0 Å². The van der Waals surface area contributed by atoms with E-state index in [1.54, 1.807) is 36.4 Å². The molecule has 0 saturated heterocycles. The number of para-hydroxylation sites is 1. The summed E-state index contributed by atoms with van der Waals surface area (Å²) in [5.41, 5.74) is 7.29. The fourth-order valence-corrected chi connectivity index (χ4v) is 1.94. The van der Waals surface area contributed by atoms with Crippen molar-refractivity contribution in [2.45, 2.75) is 6.92 Å². The number of benzene rings is 2. The minimum Gasteiger partial charge on any atom is -0.494 e. The highest BCUT2D eigenvalue weighted by atomic mass is 16.5. The van der Waals surface area contributed by atoms with E-state index in [4.69, 9.17) is 15.2 Å². The lowest BCUT2D eigenvalue weighted by atomic mass is 10.1. The van der Waals surface area contributed by atoms with Crippen LogP contribution < -0.4 is 20.5 Å². The molecule has 0 aliphatic carbocycles. The number of ether oxygens (including phenoxy) is 2. The Kier molecular flexibility index (Phi) is 4.66. The van der Waals surface area contributed by atoms with Crippen molar-refractivity contribution in [3.8, 4) is 11.5 Å². The summed E-state index contributed by atoms with van der Waals surface area (Å²) in [5.74, 6) is 0.797. The second-order valence-electron chi connectivity index (χ2n) is 4.34. The average Bonchev–Trinajstić information content (AvgIpc) is 2.49. The van der Waals surface area contributed by atoms with Crippen LogP contribution in [0.4, 0.5) is 11.4 Å². The van der Waals surface area contributed by atoms with Gasteiger partial charge in [-0.15, -0.1) is 0 Å². The molecule has 0 saturated carbocycles. The van der Waals surface area contributed by atoms with Crippen LogP contribution >= 0.6 is 0 Å². The largest absolute Gasteiger partial charge is 0.494 e. The fraction of sp³-hybridized carbons (Fsp3) is 0.188. The van der Waals surface area contributed by atoms with Gasteiger partial charge in [-0.05, 0) is 31.2 Å². The van der Waals surface area contributed by atoms with Crippen LogP contribution in [0.15, 0.2) is 42.5 Å². The summed E-state index contributed by atoms with van der Waals surface area (Å²) in [6, 6.07) is 12.2. The summed E-state index contributed by atoms with van der Waals surface area (Å²) in [4.78, 5) is 12.4. The zero-order chi connectivity index (χ0) is 15.2. The second-order valence-corrected chi connectivity index (χ2v) is 4.34. The molecular weight excluding hydrogens is 268 g/mol. The zero-order valence-electron chi connectivity index (χ0n) is 12.1. The number of methoxy groups -OCH3 is 1. The first-order chi connectivity index (χ1) is 10.2. The minimum absolute atomic E-state index is 0.262. The first-order valence-electron chi connectivity index (χ1n) is 6.62.